The van der Waals surface area contributed by atoms with E-state index in [1.807, 2.05) is 14.1 Å². The molecule has 1 aliphatic heterocycles. The van der Waals surface area contributed by atoms with Crippen molar-refractivity contribution in [3.8, 4) is 0 Å². The minimum absolute atomic E-state index is 0.537. The first-order chi connectivity index (χ1) is 5.79. The van der Waals surface area contributed by atoms with Crippen LogP contribution in [0.1, 0.15) is 0 Å². The van der Waals surface area contributed by atoms with Crippen molar-refractivity contribution in [2.75, 3.05) is 25.0 Å². The lowest BCUT2D eigenvalue weighted by Gasteiger charge is -2.35. The molecule has 0 unspecified atom stereocenters. The molecule has 1 aromatic heterocycles. The second-order valence-electron chi connectivity index (χ2n) is 3.03. The van der Waals surface area contributed by atoms with Crippen LogP contribution in [-0.4, -0.2) is 46.4 Å². The highest BCUT2D eigenvalue weighted by atomic mass is 15.6. The van der Waals surface area contributed by atoms with Crippen molar-refractivity contribution < 1.29 is 0 Å². The van der Waals surface area contributed by atoms with Gasteiger partial charge in [0.05, 0.1) is 6.04 Å². The Balaban J connectivity index is 2.13. The minimum atomic E-state index is 0.537. The highest BCUT2D eigenvalue weighted by molar-refractivity contribution is 5.29. The van der Waals surface area contributed by atoms with Gasteiger partial charge in [-0.15, -0.1) is 0 Å². The standard InChI is InChI=1S/C6H12N6/c1-11(5-3-7-4-5)6-8-9-10-12(6)2/h5,7H,3-4H2,1-2H3. The van der Waals surface area contributed by atoms with Crippen LogP contribution in [-0.2, 0) is 7.05 Å². The van der Waals surface area contributed by atoms with E-state index in [2.05, 4.69) is 25.7 Å². The third-order valence-electron chi connectivity index (χ3n) is 2.22. The summed E-state index contributed by atoms with van der Waals surface area (Å²) in [5.41, 5.74) is 0. The predicted octanol–water partition coefficient (Wildman–Crippen LogP) is -1.38. The van der Waals surface area contributed by atoms with Gasteiger partial charge in [-0.2, -0.15) is 0 Å². The maximum Gasteiger partial charge on any atom is 0.245 e. The molecule has 1 N–H and O–H groups in total. The van der Waals surface area contributed by atoms with E-state index in [1.54, 1.807) is 4.68 Å². The van der Waals surface area contributed by atoms with Crippen LogP contribution >= 0.6 is 0 Å². The van der Waals surface area contributed by atoms with Crippen LogP contribution in [0.2, 0.25) is 0 Å². The highest BCUT2D eigenvalue weighted by Crippen LogP contribution is 2.10. The van der Waals surface area contributed by atoms with E-state index in [4.69, 9.17) is 0 Å². The molecule has 0 bridgehead atoms. The summed E-state index contributed by atoms with van der Waals surface area (Å²) in [5, 5.41) is 14.5. The molecule has 1 aliphatic rings. The van der Waals surface area contributed by atoms with Gasteiger partial charge < -0.3 is 10.2 Å². The first-order valence-corrected chi connectivity index (χ1v) is 3.95. The van der Waals surface area contributed by atoms with E-state index in [0.29, 0.717) is 6.04 Å². The molecule has 2 heterocycles. The smallest absolute Gasteiger partial charge is 0.245 e. The zero-order valence-corrected chi connectivity index (χ0v) is 7.23. The van der Waals surface area contributed by atoms with Crippen LogP contribution in [0.3, 0.4) is 0 Å². The van der Waals surface area contributed by atoms with Crippen LogP contribution in [0.5, 0.6) is 0 Å². The highest BCUT2D eigenvalue weighted by Gasteiger charge is 2.24. The number of anilines is 1. The lowest BCUT2D eigenvalue weighted by Crippen LogP contribution is -2.56. The van der Waals surface area contributed by atoms with Gasteiger partial charge in [0.25, 0.3) is 0 Å². The average molecular weight is 168 g/mol. The summed E-state index contributed by atoms with van der Waals surface area (Å²) in [4.78, 5) is 2.09. The molecular formula is C6H12N6. The molecular weight excluding hydrogens is 156 g/mol. The van der Waals surface area contributed by atoms with Gasteiger partial charge in [0.2, 0.25) is 5.95 Å². The summed E-state index contributed by atoms with van der Waals surface area (Å²) in [5.74, 6) is 0.821. The normalized spacial score (nSPS) is 17.5. The van der Waals surface area contributed by atoms with E-state index >= 15 is 0 Å². The molecule has 0 radical (unpaired) electrons. The summed E-state index contributed by atoms with van der Waals surface area (Å²) >= 11 is 0. The summed E-state index contributed by atoms with van der Waals surface area (Å²) in [6.07, 6.45) is 0. The molecule has 1 fully saturated rings. The Morgan fingerprint density at radius 1 is 1.58 bits per heavy atom. The third kappa shape index (κ3) is 1.04. The number of aryl methyl sites for hydroxylation is 1. The second kappa shape index (κ2) is 2.71. The Labute approximate surface area is 70.5 Å². The maximum absolute atomic E-state index is 3.92. The predicted molar refractivity (Wildman–Crippen MR) is 43.9 cm³/mol. The number of nitrogens with one attached hydrogen (secondary N) is 1. The summed E-state index contributed by atoms with van der Waals surface area (Å²) in [7, 11) is 3.86. The average Bonchev–Trinajstić information content (AvgIpc) is 2.31. The molecule has 1 saturated heterocycles. The quantitative estimate of drug-likeness (QED) is 0.589. The first kappa shape index (κ1) is 7.48. The lowest BCUT2D eigenvalue weighted by molar-refractivity contribution is 0.421. The van der Waals surface area contributed by atoms with Crippen LogP contribution in [0, 0.1) is 0 Å². The number of hydrogen-bond acceptors (Lipinski definition) is 5. The van der Waals surface area contributed by atoms with Crippen LogP contribution in [0.25, 0.3) is 0 Å². The van der Waals surface area contributed by atoms with E-state index in [9.17, 15) is 0 Å². The van der Waals surface area contributed by atoms with E-state index in [-0.39, 0.29) is 0 Å². The Morgan fingerprint density at radius 3 is 2.75 bits per heavy atom. The maximum atomic E-state index is 3.92. The summed E-state index contributed by atoms with van der Waals surface area (Å²) in [6.45, 7) is 2.03. The fourth-order valence-corrected chi connectivity index (χ4v) is 1.23. The van der Waals surface area contributed by atoms with Gasteiger partial charge in [-0.05, 0) is 10.4 Å². The van der Waals surface area contributed by atoms with Crippen molar-refractivity contribution in [3.05, 3.63) is 0 Å². The molecule has 0 saturated carbocycles. The molecule has 6 heteroatoms. The van der Waals surface area contributed by atoms with E-state index < -0.39 is 0 Å². The molecule has 0 spiro atoms. The Kier molecular flexibility index (Phi) is 1.69. The fourth-order valence-electron chi connectivity index (χ4n) is 1.23. The monoisotopic (exact) mass is 168 g/mol. The number of likely N-dealkylation sites (N-methyl/N-ethyl adjacent to an activating group) is 1. The number of tetrazole rings is 1. The van der Waals surface area contributed by atoms with Crippen molar-refractivity contribution in [2.45, 2.75) is 6.04 Å². The number of hydrogen-bond donors (Lipinski definition) is 1. The molecule has 0 aliphatic carbocycles. The Bertz CT molecular complexity index is 265. The summed E-state index contributed by atoms with van der Waals surface area (Å²) < 4.78 is 1.68. The largest absolute Gasteiger partial charge is 0.337 e. The molecule has 0 amide bonds. The Morgan fingerprint density at radius 2 is 2.33 bits per heavy atom. The van der Waals surface area contributed by atoms with Gasteiger partial charge in [-0.25, -0.2) is 4.68 Å². The van der Waals surface area contributed by atoms with Crippen molar-refractivity contribution in [1.82, 2.24) is 25.5 Å². The molecule has 0 aromatic carbocycles. The van der Waals surface area contributed by atoms with Gasteiger partial charge in [0.15, 0.2) is 0 Å². The zero-order chi connectivity index (χ0) is 8.55. The van der Waals surface area contributed by atoms with E-state index in [1.165, 1.54) is 0 Å². The van der Waals surface area contributed by atoms with Gasteiger partial charge in [0.1, 0.15) is 0 Å². The third-order valence-corrected chi connectivity index (χ3v) is 2.22. The van der Waals surface area contributed by atoms with Crippen molar-refractivity contribution >= 4 is 5.95 Å². The number of aromatic nitrogens is 4. The number of nitrogens with zero attached hydrogens (tertiary/aromatic N) is 5. The van der Waals surface area contributed by atoms with Gasteiger partial charge in [0, 0.05) is 27.2 Å². The van der Waals surface area contributed by atoms with Crippen LogP contribution in [0.15, 0.2) is 0 Å². The Hall–Kier alpha value is -1.17. The van der Waals surface area contributed by atoms with Gasteiger partial charge >= 0.3 is 0 Å². The van der Waals surface area contributed by atoms with Crippen molar-refractivity contribution in [1.29, 1.82) is 0 Å². The topological polar surface area (TPSA) is 58.9 Å². The minimum Gasteiger partial charge on any atom is -0.337 e. The van der Waals surface area contributed by atoms with Gasteiger partial charge in [-0.3, -0.25) is 0 Å². The molecule has 0 atom stereocenters. The van der Waals surface area contributed by atoms with Crippen LogP contribution in [0.4, 0.5) is 5.95 Å². The molecule has 2 rings (SSSR count). The summed E-state index contributed by atoms with van der Waals surface area (Å²) in [6, 6.07) is 0.537. The van der Waals surface area contributed by atoms with Crippen LogP contribution < -0.4 is 10.2 Å². The molecule has 66 valence electrons. The number of rotatable bonds is 2. The molecule has 6 nitrogen and oxygen atoms in total. The first-order valence-electron chi connectivity index (χ1n) is 3.95. The fraction of sp³-hybridized carbons (Fsp3) is 0.833. The second-order valence-corrected chi connectivity index (χ2v) is 3.03. The zero-order valence-electron chi connectivity index (χ0n) is 7.23. The van der Waals surface area contributed by atoms with Gasteiger partial charge in [-0.1, -0.05) is 5.10 Å². The SMILES string of the molecule is CN(c1nnnn1C)C1CNC1. The van der Waals surface area contributed by atoms with E-state index in [0.717, 1.165) is 19.0 Å². The lowest BCUT2D eigenvalue weighted by atomic mass is 10.1. The molecule has 1 aromatic rings. The molecule has 12 heavy (non-hydrogen) atoms. The van der Waals surface area contributed by atoms with Crippen molar-refractivity contribution in [2.24, 2.45) is 7.05 Å². The van der Waals surface area contributed by atoms with Crippen molar-refractivity contribution in [3.63, 3.8) is 0 Å².